The molecule has 5 rings (SSSR count). The average Bonchev–Trinajstić information content (AvgIpc) is 2.98. The molecule has 44 heavy (non-hydrogen) atoms. The van der Waals surface area contributed by atoms with Gasteiger partial charge in [0.1, 0.15) is 59.2 Å². The van der Waals surface area contributed by atoms with E-state index in [0.29, 0.717) is 5.56 Å². The molecule has 8 N–H and O–H groups in total. The van der Waals surface area contributed by atoms with Crippen molar-refractivity contribution in [2.75, 3.05) is 6.61 Å². The highest BCUT2D eigenvalue weighted by Crippen LogP contribution is 2.39. The molecule has 5 atom stereocenters. The zero-order valence-electron chi connectivity index (χ0n) is 22.5. The van der Waals surface area contributed by atoms with E-state index in [9.17, 15) is 50.4 Å². The second-order valence-electron chi connectivity index (χ2n) is 9.82. The van der Waals surface area contributed by atoms with Gasteiger partial charge >= 0.3 is 5.97 Å². The summed E-state index contributed by atoms with van der Waals surface area (Å²) in [6.07, 6.45) is -6.45. The highest BCUT2D eigenvalue weighted by atomic mass is 16.7. The quantitative estimate of drug-likeness (QED) is 0.0840. The molecule has 0 radical (unpaired) electrons. The van der Waals surface area contributed by atoms with Crippen molar-refractivity contribution in [2.45, 2.75) is 30.7 Å². The van der Waals surface area contributed by atoms with E-state index in [1.165, 1.54) is 24.3 Å². The van der Waals surface area contributed by atoms with Gasteiger partial charge in [0.05, 0.1) is 0 Å². The van der Waals surface area contributed by atoms with Crippen LogP contribution in [-0.2, 0) is 14.3 Å². The second-order valence-corrected chi connectivity index (χ2v) is 9.82. The predicted molar refractivity (Wildman–Crippen MR) is 150 cm³/mol. The minimum atomic E-state index is -1.95. The molecule has 0 bridgehead atoms. The Labute approximate surface area is 247 Å². The molecular weight excluding hydrogens is 584 g/mol. The van der Waals surface area contributed by atoms with Gasteiger partial charge in [0.15, 0.2) is 17.3 Å². The molecule has 1 fully saturated rings. The van der Waals surface area contributed by atoms with Crippen molar-refractivity contribution in [2.24, 2.45) is 0 Å². The number of aliphatic hydroxyl groups is 3. The fraction of sp³-hybridized carbons (Fsp3) is 0.200. The number of phenolic OH excluding ortho intramolecular Hbond substituents is 5. The minimum absolute atomic E-state index is 0.0195. The molecule has 0 spiro atoms. The molecule has 0 unspecified atom stereocenters. The van der Waals surface area contributed by atoms with Gasteiger partial charge in [-0.15, -0.1) is 0 Å². The van der Waals surface area contributed by atoms with Crippen molar-refractivity contribution >= 4 is 23.0 Å². The summed E-state index contributed by atoms with van der Waals surface area (Å²) in [5, 5.41) is 80.6. The average molecular weight is 611 g/mol. The van der Waals surface area contributed by atoms with Crippen LogP contribution in [0.25, 0.3) is 28.4 Å². The molecule has 3 aromatic carbocycles. The summed E-state index contributed by atoms with van der Waals surface area (Å²) in [5.41, 5.74) is -0.735. The SMILES string of the molecule is O=C(/C=C/c1ccc(O)cc1)OC[C@@H]1O[C@@H](Oc2c(-c3ccc(O)c(O)c3)oc3cc(O)cc(O)c3c2=O)[C@H](O)[C@H](O)[C@@H]1O. The van der Waals surface area contributed by atoms with Crippen molar-refractivity contribution in [1.29, 1.82) is 0 Å². The Morgan fingerprint density at radius 3 is 2.25 bits per heavy atom. The molecule has 1 aliphatic heterocycles. The number of aromatic hydroxyl groups is 5. The van der Waals surface area contributed by atoms with Crippen LogP contribution < -0.4 is 10.2 Å². The molecule has 1 aromatic heterocycles. The predicted octanol–water partition coefficient (Wildman–Crippen LogP) is 1.43. The summed E-state index contributed by atoms with van der Waals surface area (Å²) in [4.78, 5) is 25.8. The molecule has 0 aliphatic carbocycles. The Kier molecular flexibility index (Phi) is 8.33. The van der Waals surface area contributed by atoms with E-state index in [1.54, 1.807) is 12.1 Å². The molecular formula is C30H26O14. The summed E-state index contributed by atoms with van der Waals surface area (Å²) < 4.78 is 22.1. The van der Waals surface area contributed by atoms with Crippen molar-refractivity contribution in [1.82, 2.24) is 0 Å². The lowest BCUT2D eigenvalue weighted by Crippen LogP contribution is -2.60. The maximum Gasteiger partial charge on any atom is 0.330 e. The molecule has 0 amide bonds. The molecule has 1 aliphatic rings. The lowest BCUT2D eigenvalue weighted by atomic mass is 9.99. The maximum absolute atomic E-state index is 13.6. The number of aliphatic hydroxyl groups excluding tert-OH is 3. The highest BCUT2D eigenvalue weighted by Gasteiger charge is 2.46. The van der Waals surface area contributed by atoms with Crippen LogP contribution in [0.1, 0.15) is 5.56 Å². The van der Waals surface area contributed by atoms with E-state index in [2.05, 4.69) is 0 Å². The number of ether oxygens (including phenoxy) is 3. The topological polar surface area (TPSA) is 237 Å². The maximum atomic E-state index is 13.6. The smallest absolute Gasteiger partial charge is 0.330 e. The van der Waals surface area contributed by atoms with Crippen LogP contribution in [-0.4, -0.2) is 84.1 Å². The van der Waals surface area contributed by atoms with Crippen molar-refractivity contribution in [3.8, 4) is 45.8 Å². The Hall–Kier alpha value is -5.28. The van der Waals surface area contributed by atoms with Gasteiger partial charge in [-0.2, -0.15) is 0 Å². The van der Waals surface area contributed by atoms with Gasteiger partial charge in [0, 0.05) is 23.8 Å². The lowest BCUT2D eigenvalue weighted by Gasteiger charge is -2.39. The summed E-state index contributed by atoms with van der Waals surface area (Å²) >= 11 is 0. The number of rotatable bonds is 7. The first-order chi connectivity index (χ1) is 20.9. The molecule has 14 heteroatoms. The Bertz CT molecular complexity index is 1780. The Morgan fingerprint density at radius 1 is 0.818 bits per heavy atom. The Morgan fingerprint density at radius 2 is 1.55 bits per heavy atom. The number of benzene rings is 3. The van der Waals surface area contributed by atoms with E-state index in [1.807, 2.05) is 0 Å². The number of fused-ring (bicyclic) bond motifs is 1. The summed E-state index contributed by atoms with van der Waals surface area (Å²) in [6, 6.07) is 11.2. The van der Waals surface area contributed by atoms with Crippen molar-refractivity contribution in [3.63, 3.8) is 0 Å². The van der Waals surface area contributed by atoms with Crippen molar-refractivity contribution < 1.29 is 64.3 Å². The normalized spacial score (nSPS) is 21.8. The van der Waals surface area contributed by atoms with Gasteiger partial charge in [-0.05, 0) is 42.0 Å². The standard InChI is InChI=1S/C30H26O14/c31-15-5-1-13(2-6-15)3-8-22(36)41-12-21-24(37)26(39)27(40)30(43-21)44-29-25(38)23-19(35)10-16(32)11-20(23)42-28(29)14-4-7-17(33)18(34)9-14/h1-11,21,24,26-27,30-35,37,39-40H,12H2/b8-3+/t21-,24+,26+,27+,30-/m0/s1. The number of phenols is 5. The van der Waals surface area contributed by atoms with Crippen LogP contribution >= 0.6 is 0 Å². The van der Waals surface area contributed by atoms with E-state index in [-0.39, 0.29) is 22.7 Å². The zero-order chi connectivity index (χ0) is 31.7. The second kappa shape index (κ2) is 12.1. The summed E-state index contributed by atoms with van der Waals surface area (Å²) in [6.45, 7) is -0.616. The number of carbonyl (C=O) groups is 1. The molecule has 1 saturated heterocycles. The number of hydrogen-bond donors (Lipinski definition) is 8. The van der Waals surface area contributed by atoms with E-state index < -0.39 is 82.8 Å². The monoisotopic (exact) mass is 610 g/mol. The van der Waals surface area contributed by atoms with Crippen molar-refractivity contribution in [3.05, 3.63) is 76.5 Å². The van der Waals surface area contributed by atoms with E-state index in [4.69, 9.17) is 18.6 Å². The summed E-state index contributed by atoms with van der Waals surface area (Å²) in [5.74, 6) is -4.08. The van der Waals surface area contributed by atoms with E-state index >= 15 is 0 Å². The fourth-order valence-corrected chi connectivity index (χ4v) is 4.46. The lowest BCUT2D eigenvalue weighted by molar-refractivity contribution is -0.278. The largest absolute Gasteiger partial charge is 0.508 e. The molecule has 4 aromatic rings. The molecule has 2 heterocycles. The first kappa shape index (κ1) is 30.2. The van der Waals surface area contributed by atoms with Crippen LogP contribution in [0.4, 0.5) is 0 Å². The summed E-state index contributed by atoms with van der Waals surface area (Å²) in [7, 11) is 0. The minimum Gasteiger partial charge on any atom is -0.508 e. The van der Waals surface area contributed by atoms with Gasteiger partial charge in [-0.3, -0.25) is 4.79 Å². The molecule has 0 saturated carbocycles. The van der Waals surface area contributed by atoms with Crippen LogP contribution in [0, 0.1) is 0 Å². The van der Waals surface area contributed by atoms with Crippen LogP contribution in [0.15, 0.2) is 69.9 Å². The van der Waals surface area contributed by atoms with E-state index in [0.717, 1.165) is 30.3 Å². The molecule has 14 nitrogen and oxygen atoms in total. The van der Waals surface area contributed by atoms with Crippen LogP contribution in [0.2, 0.25) is 0 Å². The molecule has 230 valence electrons. The fourth-order valence-electron chi connectivity index (χ4n) is 4.46. The third kappa shape index (κ3) is 6.09. The van der Waals surface area contributed by atoms with Gasteiger partial charge in [-0.1, -0.05) is 12.1 Å². The van der Waals surface area contributed by atoms with Gasteiger partial charge in [0.25, 0.3) is 0 Å². The van der Waals surface area contributed by atoms with Crippen LogP contribution in [0.3, 0.4) is 0 Å². The number of esters is 1. The highest BCUT2D eigenvalue weighted by molar-refractivity contribution is 5.88. The van der Waals surface area contributed by atoms with Crippen LogP contribution in [0.5, 0.6) is 34.5 Å². The van der Waals surface area contributed by atoms with Gasteiger partial charge < -0.3 is 59.5 Å². The number of carbonyl (C=O) groups excluding carboxylic acids is 1. The first-order valence-corrected chi connectivity index (χ1v) is 13.0. The third-order valence-electron chi connectivity index (χ3n) is 6.75. The zero-order valence-corrected chi connectivity index (χ0v) is 22.5. The Balaban J connectivity index is 1.43. The number of hydrogen-bond acceptors (Lipinski definition) is 14. The van der Waals surface area contributed by atoms with Gasteiger partial charge in [0.2, 0.25) is 17.5 Å². The third-order valence-corrected chi connectivity index (χ3v) is 6.75. The van der Waals surface area contributed by atoms with Gasteiger partial charge in [-0.25, -0.2) is 4.79 Å². The first-order valence-electron chi connectivity index (χ1n) is 13.0.